The van der Waals surface area contributed by atoms with E-state index in [0.29, 0.717) is 41.7 Å². The second-order valence-corrected chi connectivity index (χ2v) is 9.05. The summed E-state index contributed by atoms with van der Waals surface area (Å²) in [6.07, 6.45) is 0.349. The van der Waals surface area contributed by atoms with Crippen LogP contribution >= 0.6 is 23.2 Å². The minimum Gasteiger partial charge on any atom is -0.481 e. The molecule has 1 N–H and O–H groups in total. The van der Waals surface area contributed by atoms with Crippen molar-refractivity contribution in [1.29, 1.82) is 0 Å². The van der Waals surface area contributed by atoms with Crippen LogP contribution in [0, 0.1) is 5.92 Å². The van der Waals surface area contributed by atoms with Crippen LogP contribution in [-0.2, 0) is 25.5 Å². The van der Waals surface area contributed by atoms with Crippen LogP contribution < -0.4 is 0 Å². The number of carboxylic acids is 1. The van der Waals surface area contributed by atoms with Crippen molar-refractivity contribution in [2.75, 3.05) is 33.4 Å². The highest BCUT2D eigenvalue weighted by Crippen LogP contribution is 2.41. The number of likely N-dealkylation sites (tertiary alicyclic amines) is 1. The van der Waals surface area contributed by atoms with E-state index >= 15 is 0 Å². The summed E-state index contributed by atoms with van der Waals surface area (Å²) < 4.78 is 5.17. The average Bonchev–Trinajstić information content (AvgIpc) is 3.13. The quantitative estimate of drug-likeness (QED) is 0.496. The molecule has 0 unspecified atom stereocenters. The van der Waals surface area contributed by atoms with Crippen LogP contribution in [0.25, 0.3) is 0 Å². The monoisotopic (exact) mass is 506 g/mol. The Hall–Kier alpha value is -2.61. The van der Waals surface area contributed by atoms with Gasteiger partial charge in [0.05, 0.1) is 25.0 Å². The molecule has 2 atom stereocenters. The molecule has 34 heavy (non-hydrogen) atoms. The van der Waals surface area contributed by atoms with E-state index in [1.807, 2.05) is 30.3 Å². The number of benzene rings is 2. The van der Waals surface area contributed by atoms with Crippen LogP contribution in [0.15, 0.2) is 48.5 Å². The molecule has 0 saturated carbocycles. The third kappa shape index (κ3) is 6.50. The van der Waals surface area contributed by atoms with Crippen LogP contribution in [0.2, 0.25) is 10.0 Å². The normalized spacial score (nSPS) is 17.7. The van der Waals surface area contributed by atoms with Crippen molar-refractivity contribution < 1.29 is 24.2 Å². The number of carboxylic acid groups (broad SMARTS) is 1. The van der Waals surface area contributed by atoms with Gasteiger partial charge >= 0.3 is 5.97 Å². The first-order valence-corrected chi connectivity index (χ1v) is 11.8. The fourth-order valence-corrected chi connectivity index (χ4v) is 4.78. The first-order chi connectivity index (χ1) is 16.3. The summed E-state index contributed by atoms with van der Waals surface area (Å²) in [5.41, 5.74) is 1.63. The molecule has 1 saturated heterocycles. The number of hydrogen-bond acceptors (Lipinski definition) is 4. The van der Waals surface area contributed by atoms with Crippen LogP contribution in [0.5, 0.6) is 0 Å². The summed E-state index contributed by atoms with van der Waals surface area (Å²) in [6.45, 7) is 1.01. The topological polar surface area (TPSA) is 87.2 Å². The molecule has 7 nitrogen and oxygen atoms in total. The van der Waals surface area contributed by atoms with E-state index in [1.54, 1.807) is 30.2 Å². The highest BCUT2D eigenvalue weighted by Gasteiger charge is 2.46. The molecule has 1 aliphatic heterocycles. The molecule has 1 fully saturated rings. The predicted molar refractivity (Wildman–Crippen MR) is 130 cm³/mol. The fourth-order valence-electron chi connectivity index (χ4n) is 4.32. The maximum atomic E-state index is 13.8. The lowest BCUT2D eigenvalue weighted by atomic mass is 9.92. The zero-order chi connectivity index (χ0) is 24.7. The van der Waals surface area contributed by atoms with E-state index in [1.165, 1.54) is 4.90 Å². The molecule has 3 rings (SSSR count). The fraction of sp³-hybridized carbons (Fsp3) is 0.400. The summed E-state index contributed by atoms with van der Waals surface area (Å²) in [4.78, 5) is 41.2. The molecule has 182 valence electrons. The molecule has 0 aromatic heterocycles. The zero-order valence-electron chi connectivity index (χ0n) is 19.0. The van der Waals surface area contributed by atoms with Crippen LogP contribution in [-0.4, -0.2) is 66.0 Å². The number of carbonyl (C=O) groups excluding carboxylic acids is 2. The standard InChI is InChI=1S/C25H28Cl2N2O5/c1-34-14-13-29-22(30)16-20(24(29)19-7-2-3-8-21(19)27)25(33)28(12-10-23(31)32)11-9-17-5-4-6-18(26)15-17/h2-8,15,20,24H,9-14,16H2,1H3,(H,31,32)/t20-,24+/m1/s1. The lowest BCUT2D eigenvalue weighted by molar-refractivity contribution is -0.140. The second-order valence-electron chi connectivity index (χ2n) is 8.21. The highest BCUT2D eigenvalue weighted by atomic mass is 35.5. The Kier molecular flexibility index (Phi) is 9.33. The van der Waals surface area contributed by atoms with Gasteiger partial charge in [-0.3, -0.25) is 14.4 Å². The minimum absolute atomic E-state index is 0.0270. The summed E-state index contributed by atoms with van der Waals surface area (Å²) in [5, 5.41) is 10.3. The van der Waals surface area contributed by atoms with Gasteiger partial charge in [-0.05, 0) is 35.7 Å². The van der Waals surface area contributed by atoms with Gasteiger partial charge in [0.1, 0.15) is 0 Å². The number of ether oxygens (including phenoxy) is 1. The molecule has 1 aliphatic rings. The lowest BCUT2D eigenvalue weighted by Gasteiger charge is -2.32. The molecule has 0 radical (unpaired) electrons. The SMILES string of the molecule is COCCN1C(=O)C[C@@H](C(=O)N(CCC(=O)O)CCc2cccc(Cl)c2)[C@@H]1c1ccccc1Cl. The van der Waals surface area contributed by atoms with Gasteiger partial charge in [0.25, 0.3) is 0 Å². The Balaban J connectivity index is 1.88. The third-order valence-corrected chi connectivity index (χ3v) is 6.56. The van der Waals surface area contributed by atoms with Gasteiger partial charge in [-0.2, -0.15) is 0 Å². The Bertz CT molecular complexity index is 1030. The number of carbonyl (C=O) groups is 3. The summed E-state index contributed by atoms with van der Waals surface area (Å²) in [5.74, 6) is -2.10. The van der Waals surface area contributed by atoms with Crippen molar-refractivity contribution in [3.63, 3.8) is 0 Å². The van der Waals surface area contributed by atoms with Gasteiger partial charge in [-0.1, -0.05) is 53.5 Å². The molecule has 2 aromatic carbocycles. The van der Waals surface area contributed by atoms with Crippen LogP contribution in [0.4, 0.5) is 0 Å². The molecule has 0 bridgehead atoms. The molecule has 1 heterocycles. The van der Waals surface area contributed by atoms with Gasteiger partial charge in [0.2, 0.25) is 11.8 Å². The van der Waals surface area contributed by atoms with E-state index in [9.17, 15) is 19.5 Å². The van der Waals surface area contributed by atoms with Crippen molar-refractivity contribution in [2.24, 2.45) is 5.92 Å². The van der Waals surface area contributed by atoms with E-state index in [0.717, 1.165) is 5.56 Å². The van der Waals surface area contributed by atoms with Gasteiger partial charge in [-0.15, -0.1) is 0 Å². The lowest BCUT2D eigenvalue weighted by Crippen LogP contribution is -2.41. The number of hydrogen-bond donors (Lipinski definition) is 1. The second kappa shape index (κ2) is 12.2. The molecular formula is C25H28Cl2N2O5. The van der Waals surface area contributed by atoms with E-state index in [-0.39, 0.29) is 31.2 Å². The van der Waals surface area contributed by atoms with Crippen molar-refractivity contribution in [3.8, 4) is 0 Å². The Morgan fingerprint density at radius 2 is 1.91 bits per heavy atom. The van der Waals surface area contributed by atoms with Crippen molar-refractivity contribution in [1.82, 2.24) is 9.80 Å². The molecule has 0 aliphatic carbocycles. The smallest absolute Gasteiger partial charge is 0.305 e. The van der Waals surface area contributed by atoms with E-state index < -0.39 is 17.9 Å². The Morgan fingerprint density at radius 3 is 2.59 bits per heavy atom. The Labute approximate surface area is 209 Å². The summed E-state index contributed by atoms with van der Waals surface area (Å²) >= 11 is 12.6. The zero-order valence-corrected chi connectivity index (χ0v) is 20.5. The summed E-state index contributed by atoms with van der Waals surface area (Å²) in [6, 6.07) is 13.9. The minimum atomic E-state index is -0.993. The largest absolute Gasteiger partial charge is 0.481 e. The van der Waals surface area contributed by atoms with Crippen LogP contribution in [0.3, 0.4) is 0 Å². The number of nitrogens with zero attached hydrogens (tertiary/aromatic N) is 2. The third-order valence-electron chi connectivity index (χ3n) is 5.98. The van der Waals surface area contributed by atoms with Crippen molar-refractivity contribution in [2.45, 2.75) is 25.3 Å². The molecule has 9 heteroatoms. The molecule has 2 aromatic rings. The average molecular weight is 507 g/mol. The first kappa shape index (κ1) is 26.0. The van der Waals surface area contributed by atoms with Gasteiger partial charge in [0.15, 0.2) is 0 Å². The number of methoxy groups -OCH3 is 1. The van der Waals surface area contributed by atoms with Gasteiger partial charge in [-0.25, -0.2) is 0 Å². The van der Waals surface area contributed by atoms with Crippen LogP contribution in [0.1, 0.15) is 30.0 Å². The number of rotatable bonds is 11. The molecular weight excluding hydrogens is 479 g/mol. The first-order valence-electron chi connectivity index (χ1n) is 11.1. The number of halogens is 2. The van der Waals surface area contributed by atoms with Gasteiger partial charge < -0.3 is 19.6 Å². The van der Waals surface area contributed by atoms with E-state index in [4.69, 9.17) is 27.9 Å². The Morgan fingerprint density at radius 1 is 1.15 bits per heavy atom. The van der Waals surface area contributed by atoms with Gasteiger partial charge in [0, 0.05) is 43.2 Å². The molecule has 0 spiro atoms. The molecule has 2 amide bonds. The van der Waals surface area contributed by atoms with Crippen molar-refractivity contribution >= 4 is 41.0 Å². The number of amides is 2. The number of aliphatic carboxylic acids is 1. The predicted octanol–water partition coefficient (Wildman–Crippen LogP) is 4.08. The maximum Gasteiger partial charge on any atom is 0.305 e. The van der Waals surface area contributed by atoms with Crippen molar-refractivity contribution in [3.05, 3.63) is 69.7 Å². The van der Waals surface area contributed by atoms with E-state index in [2.05, 4.69) is 0 Å². The maximum absolute atomic E-state index is 13.8. The summed E-state index contributed by atoms with van der Waals surface area (Å²) in [7, 11) is 1.55. The highest BCUT2D eigenvalue weighted by molar-refractivity contribution is 6.31.